The van der Waals surface area contributed by atoms with Crippen LogP contribution in [0.4, 0.5) is 4.39 Å². The zero-order chi connectivity index (χ0) is 25.7. The Morgan fingerprint density at radius 3 is 2.09 bits per heavy atom. The minimum atomic E-state index is -2.08. The summed E-state index contributed by atoms with van der Waals surface area (Å²) in [6.07, 6.45) is 2.57. The van der Waals surface area contributed by atoms with Crippen LogP contribution in [-0.2, 0) is 19.3 Å². The molecule has 1 aliphatic heterocycles. The van der Waals surface area contributed by atoms with Gasteiger partial charge in [-0.3, -0.25) is 4.57 Å². The maximum Gasteiger partial charge on any atom is 0.192 e. The number of aromatic nitrogens is 4. The Bertz CT molecular complexity index is 1020. The molecule has 34 heavy (non-hydrogen) atoms. The molecule has 0 radical (unpaired) electrons. The zero-order valence-electron chi connectivity index (χ0n) is 22.2. The molecule has 0 bridgehead atoms. The third-order valence-corrected chi connectivity index (χ3v) is 17.4. The summed E-state index contributed by atoms with van der Waals surface area (Å²) in [5.41, 5.74) is -0.434. The first-order valence-electron chi connectivity index (χ1n) is 11.8. The maximum absolute atomic E-state index is 14.9. The summed E-state index contributed by atoms with van der Waals surface area (Å²) in [5, 5.41) is 0.304. The highest BCUT2D eigenvalue weighted by Gasteiger charge is 2.59. The van der Waals surface area contributed by atoms with Crippen LogP contribution < -0.4 is 0 Å². The normalized spacial score (nSPS) is 24.5. The SMILES string of the molecule is CC(C)(C)[Si](C)(C)OC[C@@H]1[C@@H](CO[Si](C)(C)C(C)(C)C)O[C@@]1(CF)n1cnc2ncnc(Cl)c21. The molecule has 7 nitrogen and oxygen atoms in total. The summed E-state index contributed by atoms with van der Waals surface area (Å²) in [4.78, 5) is 12.6. The minimum Gasteiger partial charge on any atom is -0.416 e. The molecule has 3 atom stereocenters. The fraction of sp³-hybridized carbons (Fsp3) is 0.783. The summed E-state index contributed by atoms with van der Waals surface area (Å²) in [6.45, 7) is 22.0. The first-order chi connectivity index (χ1) is 15.5. The number of hydrogen-bond acceptors (Lipinski definition) is 6. The summed E-state index contributed by atoms with van der Waals surface area (Å²) < 4.78 is 35.9. The lowest BCUT2D eigenvalue weighted by Gasteiger charge is -2.55. The van der Waals surface area contributed by atoms with E-state index in [0.717, 1.165) is 0 Å². The second-order valence-corrected chi connectivity index (χ2v) is 22.3. The van der Waals surface area contributed by atoms with Crippen LogP contribution in [0.25, 0.3) is 11.2 Å². The quantitative estimate of drug-likeness (QED) is 0.300. The molecule has 3 heterocycles. The molecule has 0 aromatic carbocycles. The van der Waals surface area contributed by atoms with Gasteiger partial charge in [-0.05, 0) is 36.3 Å². The fourth-order valence-electron chi connectivity index (χ4n) is 3.60. The van der Waals surface area contributed by atoms with Gasteiger partial charge in [0.05, 0.1) is 18.6 Å². The summed E-state index contributed by atoms with van der Waals surface area (Å²) in [5.74, 6) is -0.287. The van der Waals surface area contributed by atoms with Gasteiger partial charge in [0.2, 0.25) is 0 Å². The van der Waals surface area contributed by atoms with Crippen LogP contribution in [0.5, 0.6) is 0 Å². The number of halogens is 2. The van der Waals surface area contributed by atoms with Gasteiger partial charge in [0.15, 0.2) is 33.2 Å². The first kappa shape index (κ1) is 27.7. The summed E-state index contributed by atoms with van der Waals surface area (Å²) in [6, 6.07) is 0. The molecule has 0 N–H and O–H groups in total. The van der Waals surface area contributed by atoms with Crippen molar-refractivity contribution in [3.8, 4) is 0 Å². The number of alkyl halides is 1. The van der Waals surface area contributed by atoms with Crippen molar-refractivity contribution in [2.45, 2.75) is 89.6 Å². The Labute approximate surface area is 210 Å². The van der Waals surface area contributed by atoms with Crippen molar-refractivity contribution in [3.63, 3.8) is 0 Å². The van der Waals surface area contributed by atoms with Crippen molar-refractivity contribution >= 4 is 39.4 Å². The molecule has 0 unspecified atom stereocenters. The minimum absolute atomic E-state index is 0.0297. The van der Waals surface area contributed by atoms with Crippen molar-refractivity contribution in [2.24, 2.45) is 5.92 Å². The van der Waals surface area contributed by atoms with E-state index in [-0.39, 0.29) is 27.3 Å². The number of fused-ring (bicyclic) bond motifs is 1. The second-order valence-electron chi connectivity index (χ2n) is 12.3. The largest absolute Gasteiger partial charge is 0.416 e. The monoisotopic (exact) mass is 530 g/mol. The van der Waals surface area contributed by atoms with Crippen molar-refractivity contribution in [2.75, 3.05) is 19.9 Å². The lowest BCUT2D eigenvalue weighted by Crippen LogP contribution is -2.66. The van der Waals surface area contributed by atoms with E-state index in [4.69, 9.17) is 25.2 Å². The van der Waals surface area contributed by atoms with Crippen molar-refractivity contribution in [3.05, 3.63) is 17.8 Å². The van der Waals surface area contributed by atoms with Gasteiger partial charge < -0.3 is 13.6 Å². The van der Waals surface area contributed by atoms with E-state index in [1.165, 1.54) is 12.7 Å². The molecule has 0 saturated carbocycles. The summed E-state index contributed by atoms with van der Waals surface area (Å²) >= 11 is 6.38. The Kier molecular flexibility index (Phi) is 7.48. The molecule has 2 aromatic rings. The lowest BCUT2D eigenvalue weighted by atomic mass is 9.84. The Morgan fingerprint density at radius 1 is 1.00 bits per heavy atom. The standard InChI is InChI=1S/C23H40ClFN4O3Si2/c1-21(2,3)33(7,8)30-11-16-17(12-31-34(9,10)22(4,5)6)32-23(16,13-25)29-15-28-20-18(29)19(24)26-14-27-20/h14-17H,11-13H2,1-10H3/t16-,17-,23-/m1/s1. The van der Waals surface area contributed by atoms with E-state index in [2.05, 4.69) is 82.7 Å². The molecule has 1 fully saturated rings. The van der Waals surface area contributed by atoms with Crippen LogP contribution in [0.15, 0.2) is 12.7 Å². The van der Waals surface area contributed by atoms with E-state index in [9.17, 15) is 4.39 Å². The number of nitrogens with zero attached hydrogens (tertiary/aromatic N) is 4. The smallest absolute Gasteiger partial charge is 0.192 e. The number of ether oxygens (including phenoxy) is 1. The van der Waals surface area contributed by atoms with Gasteiger partial charge in [-0.1, -0.05) is 53.1 Å². The highest BCUT2D eigenvalue weighted by molar-refractivity contribution is 6.74. The Hall–Kier alpha value is -0.916. The van der Waals surface area contributed by atoms with Gasteiger partial charge in [-0.2, -0.15) is 0 Å². The molecule has 1 saturated heterocycles. The molecule has 0 spiro atoms. The van der Waals surface area contributed by atoms with Crippen LogP contribution in [0.3, 0.4) is 0 Å². The van der Waals surface area contributed by atoms with Gasteiger partial charge in [0, 0.05) is 6.61 Å². The van der Waals surface area contributed by atoms with Crippen molar-refractivity contribution < 1.29 is 18.0 Å². The van der Waals surface area contributed by atoms with Crippen molar-refractivity contribution in [1.82, 2.24) is 19.5 Å². The first-order valence-corrected chi connectivity index (χ1v) is 18.0. The van der Waals surface area contributed by atoms with Crippen molar-refractivity contribution in [1.29, 1.82) is 0 Å². The molecule has 0 amide bonds. The van der Waals surface area contributed by atoms with E-state index in [0.29, 0.717) is 24.4 Å². The fourth-order valence-corrected chi connectivity index (χ4v) is 5.86. The summed E-state index contributed by atoms with van der Waals surface area (Å²) in [7, 11) is -4.09. The van der Waals surface area contributed by atoms with Crippen LogP contribution in [0.1, 0.15) is 41.5 Å². The molecule has 2 aromatic heterocycles. The van der Waals surface area contributed by atoms with E-state index < -0.39 is 29.0 Å². The average molecular weight is 531 g/mol. The molecule has 192 valence electrons. The molecule has 1 aliphatic rings. The Balaban J connectivity index is 1.95. The highest BCUT2D eigenvalue weighted by atomic mass is 35.5. The van der Waals surface area contributed by atoms with Crippen LogP contribution in [0.2, 0.25) is 41.4 Å². The lowest BCUT2D eigenvalue weighted by molar-refractivity contribution is -0.325. The maximum atomic E-state index is 14.9. The molecule has 0 aliphatic carbocycles. The van der Waals surface area contributed by atoms with Gasteiger partial charge in [-0.15, -0.1) is 0 Å². The predicted octanol–water partition coefficient (Wildman–Crippen LogP) is 6.16. The number of imidazole rings is 1. The molecule has 3 rings (SSSR count). The third-order valence-electron chi connectivity index (χ3n) is 8.12. The predicted molar refractivity (Wildman–Crippen MR) is 139 cm³/mol. The zero-order valence-corrected chi connectivity index (χ0v) is 25.0. The second kappa shape index (κ2) is 9.19. The molecular weight excluding hydrogens is 491 g/mol. The average Bonchev–Trinajstić information content (AvgIpc) is 3.11. The van der Waals surface area contributed by atoms with Crippen LogP contribution in [-0.4, -0.2) is 62.1 Å². The highest BCUT2D eigenvalue weighted by Crippen LogP contribution is 2.48. The van der Waals surface area contributed by atoms with Crippen LogP contribution >= 0.6 is 11.6 Å². The van der Waals surface area contributed by atoms with E-state index in [1.54, 1.807) is 4.57 Å². The van der Waals surface area contributed by atoms with E-state index >= 15 is 0 Å². The van der Waals surface area contributed by atoms with Gasteiger partial charge in [0.25, 0.3) is 0 Å². The third kappa shape index (κ3) is 4.86. The number of hydrogen-bond donors (Lipinski definition) is 0. The number of rotatable bonds is 8. The van der Waals surface area contributed by atoms with Crippen LogP contribution in [0, 0.1) is 5.92 Å². The van der Waals surface area contributed by atoms with Gasteiger partial charge in [-0.25, -0.2) is 19.3 Å². The van der Waals surface area contributed by atoms with Gasteiger partial charge >= 0.3 is 0 Å². The van der Waals surface area contributed by atoms with E-state index in [1.807, 2.05) is 0 Å². The Morgan fingerprint density at radius 2 is 1.56 bits per heavy atom. The molecular formula is C23H40ClFN4O3Si2. The van der Waals surface area contributed by atoms with Gasteiger partial charge in [0.1, 0.15) is 24.8 Å². The molecule has 11 heteroatoms. The topological polar surface area (TPSA) is 71.3 Å².